The minimum absolute atomic E-state index is 0.196. The summed E-state index contributed by atoms with van der Waals surface area (Å²) in [5, 5.41) is 6.66. The molecule has 1 saturated heterocycles. The molecule has 20 heavy (non-hydrogen) atoms. The van der Waals surface area contributed by atoms with Crippen molar-refractivity contribution in [2.45, 2.75) is 75.9 Å². The number of nitrogens with zero attached hydrogens (tertiary/aromatic N) is 1. The summed E-state index contributed by atoms with van der Waals surface area (Å²) in [6.07, 6.45) is 11.5. The van der Waals surface area contributed by atoms with Crippen molar-refractivity contribution in [1.82, 2.24) is 15.5 Å². The van der Waals surface area contributed by atoms with E-state index >= 15 is 0 Å². The lowest BCUT2D eigenvalue weighted by Gasteiger charge is -2.18. The zero-order valence-electron chi connectivity index (χ0n) is 12.6. The van der Waals surface area contributed by atoms with E-state index in [-0.39, 0.29) is 5.91 Å². The zero-order valence-corrected chi connectivity index (χ0v) is 12.6. The van der Waals surface area contributed by atoms with E-state index in [1.165, 1.54) is 64.3 Å². The number of carbonyl (C=O) groups excluding carboxylic acids is 1. The molecule has 1 amide bonds. The Kier molecular flexibility index (Phi) is 4.94. The Hall–Kier alpha value is -0.610. The molecule has 0 aromatic heterocycles. The molecule has 0 radical (unpaired) electrons. The van der Waals surface area contributed by atoms with Crippen molar-refractivity contribution in [3.8, 4) is 0 Å². The molecule has 1 aliphatic heterocycles. The van der Waals surface area contributed by atoms with Gasteiger partial charge in [0.05, 0.1) is 6.54 Å². The lowest BCUT2D eigenvalue weighted by Crippen LogP contribution is -2.43. The van der Waals surface area contributed by atoms with Crippen molar-refractivity contribution in [3.63, 3.8) is 0 Å². The molecule has 2 saturated carbocycles. The summed E-state index contributed by atoms with van der Waals surface area (Å²) in [5.41, 5.74) is 0. The van der Waals surface area contributed by atoms with Gasteiger partial charge in [0.25, 0.3) is 0 Å². The Labute approximate surface area is 122 Å². The van der Waals surface area contributed by atoms with Crippen molar-refractivity contribution in [1.29, 1.82) is 0 Å². The fourth-order valence-corrected chi connectivity index (χ4v) is 3.66. The van der Waals surface area contributed by atoms with Gasteiger partial charge in [0.1, 0.15) is 0 Å². The predicted molar refractivity (Wildman–Crippen MR) is 80.6 cm³/mol. The summed E-state index contributed by atoms with van der Waals surface area (Å²) < 4.78 is 0. The summed E-state index contributed by atoms with van der Waals surface area (Å²) in [6.45, 7) is 2.85. The molecule has 0 aromatic rings. The molecule has 4 heteroatoms. The van der Waals surface area contributed by atoms with Crippen LogP contribution in [0.25, 0.3) is 0 Å². The second-order valence-corrected chi connectivity index (χ2v) is 6.85. The molecular formula is C16H29N3O. The van der Waals surface area contributed by atoms with Gasteiger partial charge < -0.3 is 10.6 Å². The Morgan fingerprint density at radius 1 is 0.950 bits per heavy atom. The fourth-order valence-electron chi connectivity index (χ4n) is 3.66. The molecule has 1 atom stereocenters. The molecule has 1 unspecified atom stereocenters. The van der Waals surface area contributed by atoms with Crippen LogP contribution in [-0.2, 0) is 4.79 Å². The summed E-state index contributed by atoms with van der Waals surface area (Å²) in [4.78, 5) is 14.6. The number of amides is 1. The number of carbonyl (C=O) groups is 1. The highest BCUT2D eigenvalue weighted by atomic mass is 16.2. The maximum Gasteiger partial charge on any atom is 0.234 e. The molecule has 114 valence electrons. The maximum atomic E-state index is 12.0. The van der Waals surface area contributed by atoms with Crippen LogP contribution in [0.15, 0.2) is 0 Å². The Morgan fingerprint density at radius 2 is 1.70 bits per heavy atom. The van der Waals surface area contributed by atoms with E-state index in [0.717, 1.165) is 12.6 Å². The summed E-state index contributed by atoms with van der Waals surface area (Å²) in [7, 11) is 0. The topological polar surface area (TPSA) is 44.4 Å². The molecular weight excluding hydrogens is 250 g/mol. The van der Waals surface area contributed by atoms with Crippen LogP contribution in [0, 0.1) is 0 Å². The van der Waals surface area contributed by atoms with Crippen molar-refractivity contribution >= 4 is 5.91 Å². The predicted octanol–water partition coefficient (Wildman–Crippen LogP) is 1.65. The zero-order chi connectivity index (χ0) is 13.8. The molecule has 1 heterocycles. The number of hydrogen-bond donors (Lipinski definition) is 2. The van der Waals surface area contributed by atoms with Crippen molar-refractivity contribution in [2.75, 3.05) is 19.6 Å². The van der Waals surface area contributed by atoms with Gasteiger partial charge in [-0.05, 0) is 32.1 Å². The molecule has 2 N–H and O–H groups in total. The van der Waals surface area contributed by atoms with Gasteiger partial charge in [0.15, 0.2) is 0 Å². The van der Waals surface area contributed by atoms with Gasteiger partial charge >= 0.3 is 0 Å². The first-order chi connectivity index (χ1) is 9.81. The van der Waals surface area contributed by atoms with Gasteiger partial charge in [0.2, 0.25) is 5.91 Å². The molecule has 0 spiro atoms. The van der Waals surface area contributed by atoms with Crippen molar-refractivity contribution in [2.24, 2.45) is 0 Å². The normalized spacial score (nSPS) is 29.3. The van der Waals surface area contributed by atoms with Gasteiger partial charge in [-0.3, -0.25) is 9.69 Å². The third-order valence-corrected chi connectivity index (χ3v) is 5.05. The van der Waals surface area contributed by atoms with Crippen LogP contribution in [0.3, 0.4) is 0 Å². The summed E-state index contributed by atoms with van der Waals surface area (Å²) in [6, 6.07) is 1.82. The molecule has 4 nitrogen and oxygen atoms in total. The summed E-state index contributed by atoms with van der Waals surface area (Å²) in [5.74, 6) is 0.196. The number of nitrogens with one attached hydrogen (secondary N) is 2. The highest BCUT2D eigenvalue weighted by Crippen LogP contribution is 2.29. The molecule has 3 rings (SSSR count). The smallest absolute Gasteiger partial charge is 0.234 e. The van der Waals surface area contributed by atoms with Crippen LogP contribution < -0.4 is 10.6 Å². The van der Waals surface area contributed by atoms with Crippen LogP contribution in [0.5, 0.6) is 0 Å². The van der Waals surface area contributed by atoms with E-state index in [9.17, 15) is 4.79 Å². The molecule has 2 aliphatic carbocycles. The highest BCUT2D eigenvalue weighted by molar-refractivity contribution is 5.78. The third kappa shape index (κ3) is 4.19. The number of likely N-dealkylation sites (tertiary alicyclic amines) is 1. The van der Waals surface area contributed by atoms with Gasteiger partial charge in [0, 0.05) is 31.2 Å². The molecule has 3 fully saturated rings. The third-order valence-electron chi connectivity index (χ3n) is 5.05. The Morgan fingerprint density at radius 3 is 2.40 bits per heavy atom. The van der Waals surface area contributed by atoms with Crippen LogP contribution in [0.2, 0.25) is 0 Å². The summed E-state index contributed by atoms with van der Waals surface area (Å²) >= 11 is 0. The molecule has 3 aliphatic rings. The lowest BCUT2D eigenvalue weighted by atomic mass is 10.1. The average Bonchev–Trinajstić information content (AvgIpc) is 3.23. The number of rotatable bonds is 5. The number of hydrogen-bond acceptors (Lipinski definition) is 3. The average molecular weight is 279 g/mol. The van der Waals surface area contributed by atoms with E-state index in [0.29, 0.717) is 18.6 Å². The quantitative estimate of drug-likeness (QED) is 0.752. The monoisotopic (exact) mass is 279 g/mol. The first-order valence-corrected chi connectivity index (χ1v) is 8.58. The second kappa shape index (κ2) is 6.90. The Bertz CT molecular complexity index is 322. The van der Waals surface area contributed by atoms with Crippen molar-refractivity contribution in [3.05, 3.63) is 0 Å². The van der Waals surface area contributed by atoms with E-state index in [2.05, 4.69) is 15.5 Å². The van der Waals surface area contributed by atoms with Crippen LogP contribution in [0.1, 0.15) is 57.8 Å². The van der Waals surface area contributed by atoms with E-state index in [1.807, 2.05) is 0 Å². The molecule has 0 aromatic carbocycles. The first-order valence-electron chi connectivity index (χ1n) is 8.58. The second-order valence-electron chi connectivity index (χ2n) is 6.85. The fraction of sp³-hybridized carbons (Fsp3) is 0.938. The first kappa shape index (κ1) is 14.3. The largest absolute Gasteiger partial charge is 0.352 e. The van der Waals surface area contributed by atoms with Crippen LogP contribution in [-0.4, -0.2) is 48.6 Å². The van der Waals surface area contributed by atoms with E-state index < -0.39 is 0 Å². The van der Waals surface area contributed by atoms with Crippen LogP contribution >= 0.6 is 0 Å². The Balaban J connectivity index is 1.32. The van der Waals surface area contributed by atoms with Gasteiger partial charge in [-0.2, -0.15) is 0 Å². The van der Waals surface area contributed by atoms with Gasteiger partial charge in [-0.25, -0.2) is 0 Å². The van der Waals surface area contributed by atoms with Gasteiger partial charge in [-0.1, -0.05) is 25.7 Å². The minimum atomic E-state index is 0.196. The SMILES string of the molecule is O=C(CNC1CCN(C2CC2)C1)NC1CCCCCC1. The lowest BCUT2D eigenvalue weighted by molar-refractivity contribution is -0.121. The highest BCUT2D eigenvalue weighted by Gasteiger charge is 2.34. The van der Waals surface area contributed by atoms with E-state index in [4.69, 9.17) is 0 Å². The minimum Gasteiger partial charge on any atom is -0.352 e. The molecule has 0 bridgehead atoms. The van der Waals surface area contributed by atoms with Crippen molar-refractivity contribution < 1.29 is 4.79 Å². The van der Waals surface area contributed by atoms with E-state index in [1.54, 1.807) is 0 Å². The van der Waals surface area contributed by atoms with Crippen LogP contribution in [0.4, 0.5) is 0 Å². The maximum absolute atomic E-state index is 12.0. The standard InChI is InChI=1S/C16H29N3O/c20-16(18-13-5-3-1-2-4-6-13)11-17-14-9-10-19(12-14)15-7-8-15/h13-15,17H,1-12H2,(H,18,20). The van der Waals surface area contributed by atoms with Gasteiger partial charge in [-0.15, -0.1) is 0 Å².